The van der Waals surface area contributed by atoms with Crippen LogP contribution in [-0.2, 0) is 4.79 Å². The molecule has 108 valence electrons. The summed E-state index contributed by atoms with van der Waals surface area (Å²) in [4.78, 5) is 16.3. The third-order valence-electron chi connectivity index (χ3n) is 2.89. The van der Waals surface area contributed by atoms with Gasteiger partial charge in [-0.2, -0.15) is 0 Å². The number of anilines is 1. The van der Waals surface area contributed by atoms with Crippen LogP contribution < -0.4 is 11.1 Å². The molecule has 0 aliphatic heterocycles. The van der Waals surface area contributed by atoms with Crippen molar-refractivity contribution >= 4 is 44.9 Å². The zero-order valence-electron chi connectivity index (χ0n) is 11.7. The van der Waals surface area contributed by atoms with Crippen LogP contribution in [0.5, 0.6) is 0 Å². The van der Waals surface area contributed by atoms with Gasteiger partial charge in [0.1, 0.15) is 0 Å². The molecule has 1 unspecified atom stereocenters. The number of aromatic nitrogens is 1. The zero-order chi connectivity index (χ0) is 14.5. The maximum atomic E-state index is 11.8. The maximum absolute atomic E-state index is 11.8. The molecule has 2 rings (SSSR count). The van der Waals surface area contributed by atoms with Crippen LogP contribution in [0.2, 0.25) is 0 Å². The van der Waals surface area contributed by atoms with Gasteiger partial charge in [0.15, 0.2) is 4.34 Å². The molecular formula is C14H19N3OS2. The highest BCUT2D eigenvalue weighted by Gasteiger charge is 2.07. The van der Waals surface area contributed by atoms with Gasteiger partial charge in [0.2, 0.25) is 5.91 Å². The fourth-order valence-electron chi connectivity index (χ4n) is 1.88. The van der Waals surface area contributed by atoms with Crippen molar-refractivity contribution in [1.29, 1.82) is 0 Å². The highest BCUT2D eigenvalue weighted by molar-refractivity contribution is 8.00. The first-order valence-electron chi connectivity index (χ1n) is 6.58. The minimum atomic E-state index is 0.0413. The van der Waals surface area contributed by atoms with E-state index in [0.717, 1.165) is 33.1 Å². The van der Waals surface area contributed by atoms with Crippen molar-refractivity contribution in [3.05, 3.63) is 18.2 Å². The normalized spacial score (nSPS) is 12.6. The predicted octanol–water partition coefficient (Wildman–Crippen LogP) is 3.47. The van der Waals surface area contributed by atoms with Crippen molar-refractivity contribution < 1.29 is 4.79 Å². The van der Waals surface area contributed by atoms with Crippen molar-refractivity contribution in [2.45, 2.75) is 36.6 Å². The number of fused-ring (bicyclic) bond motifs is 1. The van der Waals surface area contributed by atoms with E-state index in [0.29, 0.717) is 6.42 Å². The first-order chi connectivity index (χ1) is 9.58. The van der Waals surface area contributed by atoms with E-state index in [9.17, 15) is 4.79 Å². The number of carbonyl (C=O) groups is 1. The molecule has 0 aliphatic carbocycles. The lowest BCUT2D eigenvalue weighted by Gasteiger charge is -2.06. The van der Waals surface area contributed by atoms with Crippen LogP contribution >= 0.6 is 23.1 Å². The second-order valence-electron chi connectivity index (χ2n) is 4.78. The van der Waals surface area contributed by atoms with Crippen LogP contribution in [0.4, 0.5) is 5.69 Å². The lowest BCUT2D eigenvalue weighted by molar-refractivity contribution is -0.116. The van der Waals surface area contributed by atoms with Crippen LogP contribution in [0.1, 0.15) is 26.2 Å². The molecule has 1 heterocycles. The summed E-state index contributed by atoms with van der Waals surface area (Å²) in [6.45, 7) is 1.96. The van der Waals surface area contributed by atoms with E-state index in [-0.39, 0.29) is 11.9 Å². The second kappa shape index (κ2) is 7.06. The molecule has 0 fully saturated rings. The van der Waals surface area contributed by atoms with E-state index in [1.165, 1.54) is 0 Å². The standard InChI is InChI=1S/C14H19N3OS2/c1-9(15)4-3-5-13(18)16-10-6-7-11-12(8-10)20-14(17-11)19-2/h6-9H,3-5,15H2,1-2H3,(H,16,18). The Kier molecular flexibility index (Phi) is 5.39. The predicted molar refractivity (Wildman–Crippen MR) is 87.5 cm³/mol. The summed E-state index contributed by atoms with van der Waals surface area (Å²) in [6.07, 6.45) is 4.22. The highest BCUT2D eigenvalue weighted by Crippen LogP contribution is 2.29. The number of amides is 1. The Balaban J connectivity index is 1.97. The average Bonchev–Trinajstić information content (AvgIpc) is 2.80. The molecule has 0 saturated heterocycles. The van der Waals surface area contributed by atoms with Gasteiger partial charge in [-0.25, -0.2) is 4.98 Å². The van der Waals surface area contributed by atoms with E-state index in [4.69, 9.17) is 5.73 Å². The Morgan fingerprint density at radius 1 is 1.55 bits per heavy atom. The van der Waals surface area contributed by atoms with Crippen molar-refractivity contribution in [3.8, 4) is 0 Å². The van der Waals surface area contributed by atoms with Gasteiger partial charge in [0, 0.05) is 18.2 Å². The summed E-state index contributed by atoms with van der Waals surface area (Å²) in [7, 11) is 0. The van der Waals surface area contributed by atoms with Gasteiger partial charge in [-0.05, 0) is 44.2 Å². The Morgan fingerprint density at radius 2 is 2.35 bits per heavy atom. The highest BCUT2D eigenvalue weighted by atomic mass is 32.2. The molecule has 4 nitrogen and oxygen atoms in total. The number of nitrogens with zero attached hydrogens (tertiary/aromatic N) is 1. The van der Waals surface area contributed by atoms with E-state index in [2.05, 4.69) is 10.3 Å². The molecule has 0 aliphatic rings. The number of thiazole rings is 1. The third-order valence-corrected chi connectivity index (χ3v) is 4.89. The van der Waals surface area contributed by atoms with Crippen molar-refractivity contribution in [1.82, 2.24) is 4.98 Å². The van der Waals surface area contributed by atoms with Gasteiger partial charge < -0.3 is 11.1 Å². The first-order valence-corrected chi connectivity index (χ1v) is 8.62. The van der Waals surface area contributed by atoms with Gasteiger partial charge in [0.05, 0.1) is 10.2 Å². The topological polar surface area (TPSA) is 68.0 Å². The van der Waals surface area contributed by atoms with Crippen LogP contribution in [0.15, 0.2) is 22.5 Å². The number of hydrogen-bond acceptors (Lipinski definition) is 5. The molecule has 1 aromatic heterocycles. The largest absolute Gasteiger partial charge is 0.328 e. The molecule has 3 N–H and O–H groups in total. The van der Waals surface area contributed by atoms with E-state index in [1.807, 2.05) is 31.4 Å². The number of hydrogen-bond donors (Lipinski definition) is 2. The molecule has 0 saturated carbocycles. The Labute approximate surface area is 127 Å². The summed E-state index contributed by atoms with van der Waals surface area (Å²) in [5, 5.41) is 2.93. The van der Waals surface area contributed by atoms with Crippen LogP contribution in [-0.4, -0.2) is 23.2 Å². The number of carbonyl (C=O) groups excluding carboxylic acids is 1. The van der Waals surface area contributed by atoms with Crippen LogP contribution in [0.25, 0.3) is 10.2 Å². The maximum Gasteiger partial charge on any atom is 0.224 e. The molecule has 1 amide bonds. The van der Waals surface area contributed by atoms with Gasteiger partial charge in [0.25, 0.3) is 0 Å². The smallest absolute Gasteiger partial charge is 0.224 e. The molecule has 6 heteroatoms. The lowest BCUT2D eigenvalue weighted by atomic mass is 10.1. The number of thioether (sulfide) groups is 1. The number of nitrogens with one attached hydrogen (secondary N) is 1. The quantitative estimate of drug-likeness (QED) is 0.802. The van der Waals surface area contributed by atoms with Gasteiger partial charge in [-0.15, -0.1) is 11.3 Å². The summed E-state index contributed by atoms with van der Waals surface area (Å²) in [5.41, 5.74) is 7.48. The van der Waals surface area contributed by atoms with Crippen molar-refractivity contribution in [3.63, 3.8) is 0 Å². The fraction of sp³-hybridized carbons (Fsp3) is 0.429. The summed E-state index contributed by atoms with van der Waals surface area (Å²) < 4.78 is 2.14. The fourth-order valence-corrected chi connectivity index (χ4v) is 3.41. The van der Waals surface area contributed by atoms with Gasteiger partial charge in [-0.3, -0.25) is 4.79 Å². The summed E-state index contributed by atoms with van der Waals surface area (Å²) in [6, 6.07) is 5.98. The molecule has 20 heavy (non-hydrogen) atoms. The average molecular weight is 309 g/mol. The minimum absolute atomic E-state index is 0.0413. The molecule has 1 aromatic carbocycles. The molecule has 0 radical (unpaired) electrons. The first kappa shape index (κ1) is 15.3. The Bertz CT molecular complexity index is 595. The van der Waals surface area contributed by atoms with E-state index in [1.54, 1.807) is 23.1 Å². The Morgan fingerprint density at radius 3 is 3.05 bits per heavy atom. The molecule has 0 bridgehead atoms. The molecule has 2 aromatic rings. The second-order valence-corrected chi connectivity index (χ2v) is 6.87. The monoisotopic (exact) mass is 309 g/mol. The van der Waals surface area contributed by atoms with Gasteiger partial charge in [-0.1, -0.05) is 11.8 Å². The number of benzene rings is 1. The lowest BCUT2D eigenvalue weighted by Crippen LogP contribution is -2.16. The summed E-state index contributed by atoms with van der Waals surface area (Å²) in [5.74, 6) is 0.0413. The molecular weight excluding hydrogens is 290 g/mol. The van der Waals surface area contributed by atoms with Crippen molar-refractivity contribution in [2.75, 3.05) is 11.6 Å². The SMILES string of the molecule is CSc1nc2ccc(NC(=O)CCCC(C)N)cc2s1. The van der Waals surface area contributed by atoms with E-state index < -0.39 is 0 Å². The van der Waals surface area contributed by atoms with Crippen molar-refractivity contribution in [2.24, 2.45) is 5.73 Å². The number of rotatable bonds is 6. The Hall–Kier alpha value is -1.11. The van der Waals surface area contributed by atoms with Gasteiger partial charge >= 0.3 is 0 Å². The summed E-state index contributed by atoms with van der Waals surface area (Å²) >= 11 is 3.28. The van der Waals surface area contributed by atoms with Crippen LogP contribution in [0, 0.1) is 0 Å². The molecule has 0 spiro atoms. The van der Waals surface area contributed by atoms with Crippen LogP contribution in [0.3, 0.4) is 0 Å². The van der Waals surface area contributed by atoms with E-state index >= 15 is 0 Å². The third kappa shape index (κ3) is 4.19. The zero-order valence-corrected chi connectivity index (χ0v) is 13.3. The minimum Gasteiger partial charge on any atom is -0.328 e. The number of nitrogens with two attached hydrogens (primary N) is 1. The molecule has 1 atom stereocenters.